The number of benzene rings is 5. The second-order valence-electron chi connectivity index (χ2n) is 12.9. The van der Waals surface area contributed by atoms with E-state index in [1.807, 2.05) is 36.9 Å². The van der Waals surface area contributed by atoms with Gasteiger partial charge in [0.05, 0.1) is 11.3 Å². The van der Waals surface area contributed by atoms with Gasteiger partial charge in [0.15, 0.2) is 0 Å². The van der Waals surface area contributed by atoms with E-state index in [1.165, 1.54) is 27.6 Å². The predicted octanol–water partition coefficient (Wildman–Crippen LogP) is 10.9. The van der Waals surface area contributed by atoms with Gasteiger partial charge in [-0.2, -0.15) is 0 Å². The first-order valence-electron chi connectivity index (χ1n) is 16.2. The zero-order valence-electron chi connectivity index (χ0n) is 27.1. The number of aromatic nitrogens is 4. The van der Waals surface area contributed by atoms with Crippen LogP contribution in [0.5, 0.6) is 11.5 Å². The molecule has 0 N–H and O–H groups in total. The van der Waals surface area contributed by atoms with Gasteiger partial charge < -0.3 is 13.5 Å². The first-order valence-corrected chi connectivity index (χ1v) is 16.2. The van der Waals surface area contributed by atoms with Crippen LogP contribution in [0.15, 0.2) is 110 Å². The van der Waals surface area contributed by atoms with Crippen molar-refractivity contribution in [1.29, 1.82) is 0 Å². The van der Waals surface area contributed by atoms with Crippen LogP contribution in [0, 0.1) is 12.1 Å². The SMILES string of the molecule is CC(C)c1cccc(C(C)C)c1-c1cccc2c1c1ccc(Oc3[c-]c4c(cc3)c3ccccc3n3ccnc43)[c-]c1c1nccn21.[Pt+2]. The van der Waals surface area contributed by atoms with Crippen LogP contribution in [0.4, 0.5) is 0 Å². The summed E-state index contributed by atoms with van der Waals surface area (Å²) in [6.07, 6.45) is 7.73. The van der Waals surface area contributed by atoms with Crippen LogP contribution in [0.1, 0.15) is 50.7 Å². The maximum Gasteiger partial charge on any atom is 2.00 e. The summed E-state index contributed by atoms with van der Waals surface area (Å²) in [6, 6.07) is 37.2. The summed E-state index contributed by atoms with van der Waals surface area (Å²) in [6.45, 7) is 9.12. The normalized spacial score (nSPS) is 12.0. The molecule has 4 aromatic heterocycles. The summed E-state index contributed by atoms with van der Waals surface area (Å²) in [5, 5.41) is 6.37. The van der Waals surface area contributed by atoms with Gasteiger partial charge in [-0.3, -0.25) is 9.97 Å². The molecule has 0 amide bonds. The molecule has 48 heavy (non-hydrogen) atoms. The third-order valence-corrected chi connectivity index (χ3v) is 9.45. The smallest absolute Gasteiger partial charge is 0.497 e. The molecule has 0 aliphatic rings. The Kier molecular flexibility index (Phi) is 7.34. The molecular weight excluding hydrogens is 772 g/mol. The van der Waals surface area contributed by atoms with Crippen molar-refractivity contribution in [1.82, 2.24) is 18.8 Å². The maximum absolute atomic E-state index is 6.50. The molecule has 0 fully saturated rings. The van der Waals surface area contributed by atoms with E-state index < -0.39 is 0 Å². The van der Waals surface area contributed by atoms with Gasteiger partial charge in [0.25, 0.3) is 0 Å². The maximum atomic E-state index is 6.50. The fourth-order valence-corrected chi connectivity index (χ4v) is 7.34. The topological polar surface area (TPSA) is 43.8 Å². The van der Waals surface area contributed by atoms with Crippen molar-refractivity contribution in [3.05, 3.63) is 133 Å². The van der Waals surface area contributed by atoms with Crippen molar-refractivity contribution in [2.24, 2.45) is 0 Å². The molecule has 0 saturated carbocycles. The Morgan fingerprint density at radius 3 is 1.81 bits per heavy atom. The van der Waals surface area contributed by atoms with Crippen LogP contribution in [-0.4, -0.2) is 18.8 Å². The number of nitrogens with zero attached hydrogens (tertiary/aromatic N) is 4. The fraction of sp³-hybridized carbons (Fsp3) is 0.143. The van der Waals surface area contributed by atoms with Gasteiger partial charge in [-0.15, -0.1) is 12.1 Å². The molecule has 5 aromatic carbocycles. The number of rotatable bonds is 5. The number of hydrogen-bond donors (Lipinski definition) is 0. The van der Waals surface area contributed by atoms with Gasteiger partial charge in [-0.05, 0) is 57.0 Å². The Balaban J connectivity index is 0.00000336. The van der Waals surface area contributed by atoms with Crippen molar-refractivity contribution in [2.45, 2.75) is 39.5 Å². The van der Waals surface area contributed by atoms with Crippen LogP contribution in [-0.2, 0) is 21.1 Å². The van der Waals surface area contributed by atoms with Crippen molar-refractivity contribution >= 4 is 54.6 Å². The van der Waals surface area contributed by atoms with Crippen molar-refractivity contribution in [2.75, 3.05) is 0 Å². The summed E-state index contributed by atoms with van der Waals surface area (Å²) in [4.78, 5) is 9.46. The molecule has 4 heterocycles. The first-order chi connectivity index (χ1) is 23.0. The summed E-state index contributed by atoms with van der Waals surface area (Å²) in [5.74, 6) is 1.99. The van der Waals surface area contributed by atoms with E-state index in [4.69, 9.17) is 9.72 Å². The standard InChI is InChI=1S/C42H32N4O.Pt/c1-25(2)29-10-7-11-30(26(3)4)39(29)34-12-8-14-38-40(34)33-18-16-28(24-36(33)42-44-20-22-46(38)42)47-27-15-17-31-32-9-5-6-13-37(32)45-21-19-43-41(45)35(31)23-27;/h5-22,25-26H,1-4H3;/q-2;+2. The molecule has 0 unspecified atom stereocenters. The van der Waals surface area contributed by atoms with Crippen LogP contribution in [0.25, 0.3) is 65.8 Å². The van der Waals surface area contributed by atoms with Crippen LogP contribution < -0.4 is 4.74 Å². The molecule has 5 nitrogen and oxygen atoms in total. The summed E-state index contributed by atoms with van der Waals surface area (Å²) in [5.41, 5.74) is 9.22. The molecule has 6 heteroatoms. The Labute approximate surface area is 293 Å². The van der Waals surface area contributed by atoms with E-state index in [0.717, 1.165) is 49.3 Å². The number of imidazole rings is 2. The Morgan fingerprint density at radius 2 is 1.15 bits per heavy atom. The zero-order chi connectivity index (χ0) is 31.8. The number of pyridine rings is 2. The average Bonchev–Trinajstić information content (AvgIpc) is 3.79. The molecule has 0 saturated heterocycles. The Bertz CT molecular complexity index is 2660. The number of fused-ring (bicyclic) bond motifs is 12. The third kappa shape index (κ3) is 4.56. The molecule has 0 atom stereocenters. The fourth-order valence-electron chi connectivity index (χ4n) is 7.34. The number of ether oxygens (including phenoxy) is 1. The molecule has 0 spiro atoms. The average molecular weight is 804 g/mol. The molecule has 0 aliphatic heterocycles. The van der Waals surface area contributed by atoms with Gasteiger partial charge in [-0.25, -0.2) is 0 Å². The molecule has 236 valence electrons. The van der Waals surface area contributed by atoms with E-state index in [1.54, 1.807) is 0 Å². The Hall–Kier alpha value is -4.99. The largest absolute Gasteiger partial charge is 2.00 e. The Morgan fingerprint density at radius 1 is 0.583 bits per heavy atom. The molecular formula is C42H32N4OPt. The van der Waals surface area contributed by atoms with E-state index >= 15 is 0 Å². The van der Waals surface area contributed by atoms with Crippen molar-refractivity contribution in [3.63, 3.8) is 0 Å². The van der Waals surface area contributed by atoms with Gasteiger partial charge >= 0.3 is 21.1 Å². The number of hydrogen-bond acceptors (Lipinski definition) is 3. The minimum Gasteiger partial charge on any atom is -0.497 e. The van der Waals surface area contributed by atoms with Crippen LogP contribution >= 0.6 is 0 Å². The first kappa shape index (κ1) is 30.3. The molecule has 9 aromatic rings. The third-order valence-electron chi connectivity index (χ3n) is 9.45. The van der Waals surface area contributed by atoms with Crippen molar-refractivity contribution < 1.29 is 25.8 Å². The molecule has 0 aliphatic carbocycles. The summed E-state index contributed by atoms with van der Waals surface area (Å²) < 4.78 is 10.8. The summed E-state index contributed by atoms with van der Waals surface area (Å²) >= 11 is 0. The van der Waals surface area contributed by atoms with Crippen molar-refractivity contribution in [3.8, 4) is 22.6 Å². The summed E-state index contributed by atoms with van der Waals surface area (Å²) in [7, 11) is 0. The second-order valence-corrected chi connectivity index (χ2v) is 12.9. The van der Waals surface area contributed by atoms with Gasteiger partial charge in [0.2, 0.25) is 0 Å². The minimum atomic E-state index is 0. The monoisotopic (exact) mass is 803 g/mol. The minimum absolute atomic E-state index is 0. The van der Waals surface area contributed by atoms with E-state index in [9.17, 15) is 0 Å². The van der Waals surface area contributed by atoms with Gasteiger partial charge in [-0.1, -0.05) is 122 Å². The van der Waals surface area contributed by atoms with Crippen LogP contribution in [0.3, 0.4) is 0 Å². The van der Waals surface area contributed by atoms with Gasteiger partial charge in [0.1, 0.15) is 0 Å². The van der Waals surface area contributed by atoms with Gasteiger partial charge in [0, 0.05) is 47.3 Å². The van der Waals surface area contributed by atoms with E-state index in [0.29, 0.717) is 23.3 Å². The zero-order valence-corrected chi connectivity index (χ0v) is 29.3. The molecule has 0 bridgehead atoms. The number of para-hydroxylation sites is 1. The molecule has 9 rings (SSSR count). The van der Waals surface area contributed by atoms with E-state index in [2.05, 4.69) is 126 Å². The van der Waals surface area contributed by atoms with E-state index in [-0.39, 0.29) is 21.1 Å². The quantitative estimate of drug-likeness (QED) is 0.129. The van der Waals surface area contributed by atoms with Crippen LogP contribution in [0.2, 0.25) is 0 Å². The predicted molar refractivity (Wildman–Crippen MR) is 192 cm³/mol. The second kappa shape index (κ2) is 11.6. The molecule has 0 radical (unpaired) electrons.